The molecule has 0 saturated carbocycles. The van der Waals surface area contributed by atoms with Crippen molar-refractivity contribution in [1.29, 1.82) is 0 Å². The van der Waals surface area contributed by atoms with Crippen molar-refractivity contribution >= 4 is 15.9 Å². The van der Waals surface area contributed by atoms with E-state index in [0.29, 0.717) is 0 Å². The Balaban J connectivity index is 2.27. The summed E-state index contributed by atoms with van der Waals surface area (Å²) in [6, 6.07) is 0. The Hall–Kier alpha value is -1.14. The SMILES string of the molecule is CCCn1cc(C(O)c2c(Br)cnn2C)cn1. The number of aliphatic hydroxyl groups excluding tert-OH is 1. The van der Waals surface area contributed by atoms with Crippen LogP contribution in [-0.2, 0) is 13.6 Å². The molecule has 2 rings (SSSR count). The van der Waals surface area contributed by atoms with Crippen molar-refractivity contribution in [3.8, 4) is 0 Å². The fourth-order valence-corrected chi connectivity index (χ4v) is 2.32. The molecule has 0 aliphatic heterocycles. The first kappa shape index (κ1) is 12.3. The average Bonchev–Trinajstić information content (AvgIpc) is 2.87. The van der Waals surface area contributed by atoms with Gasteiger partial charge in [-0.1, -0.05) is 6.92 Å². The fraction of sp³-hybridized carbons (Fsp3) is 0.455. The summed E-state index contributed by atoms with van der Waals surface area (Å²) in [4.78, 5) is 0. The summed E-state index contributed by atoms with van der Waals surface area (Å²) in [5.74, 6) is 0. The minimum absolute atomic E-state index is 0.706. The minimum Gasteiger partial charge on any atom is -0.382 e. The number of aliphatic hydroxyl groups is 1. The van der Waals surface area contributed by atoms with Crippen LogP contribution in [0.4, 0.5) is 0 Å². The number of rotatable bonds is 4. The Bertz CT molecular complexity index is 486. The van der Waals surface area contributed by atoms with Crippen LogP contribution in [0.1, 0.15) is 30.7 Å². The Labute approximate surface area is 108 Å². The molecule has 0 aliphatic carbocycles. The smallest absolute Gasteiger partial charge is 0.125 e. The van der Waals surface area contributed by atoms with Gasteiger partial charge in [0.05, 0.1) is 22.6 Å². The summed E-state index contributed by atoms with van der Waals surface area (Å²) >= 11 is 3.38. The second-order valence-corrected chi connectivity index (χ2v) is 4.79. The molecule has 0 spiro atoms. The number of hydrogen-bond donors (Lipinski definition) is 1. The first-order valence-electron chi connectivity index (χ1n) is 5.51. The van der Waals surface area contributed by atoms with Crippen LogP contribution in [0.15, 0.2) is 23.1 Å². The van der Waals surface area contributed by atoms with Gasteiger partial charge >= 0.3 is 0 Å². The van der Waals surface area contributed by atoms with E-state index < -0.39 is 6.10 Å². The van der Waals surface area contributed by atoms with E-state index in [0.717, 1.165) is 28.7 Å². The lowest BCUT2D eigenvalue weighted by Gasteiger charge is -2.09. The molecule has 1 atom stereocenters. The third-order valence-corrected chi connectivity index (χ3v) is 3.23. The van der Waals surface area contributed by atoms with Crippen LogP contribution >= 0.6 is 15.9 Å². The fourth-order valence-electron chi connectivity index (χ4n) is 1.76. The van der Waals surface area contributed by atoms with Crippen molar-refractivity contribution in [2.24, 2.45) is 7.05 Å². The van der Waals surface area contributed by atoms with E-state index in [1.54, 1.807) is 24.1 Å². The molecular formula is C11H15BrN4O. The number of halogens is 1. The maximum Gasteiger partial charge on any atom is 0.125 e. The van der Waals surface area contributed by atoms with Gasteiger partial charge in [0.1, 0.15) is 6.10 Å². The van der Waals surface area contributed by atoms with Gasteiger partial charge in [0.2, 0.25) is 0 Å². The second-order valence-electron chi connectivity index (χ2n) is 3.94. The lowest BCUT2D eigenvalue weighted by molar-refractivity contribution is 0.209. The highest BCUT2D eigenvalue weighted by Crippen LogP contribution is 2.27. The first-order valence-corrected chi connectivity index (χ1v) is 6.30. The van der Waals surface area contributed by atoms with Gasteiger partial charge < -0.3 is 5.11 Å². The molecule has 6 heteroatoms. The van der Waals surface area contributed by atoms with Gasteiger partial charge in [-0.25, -0.2) is 0 Å². The molecule has 0 aromatic carbocycles. The third-order valence-electron chi connectivity index (χ3n) is 2.62. The summed E-state index contributed by atoms with van der Waals surface area (Å²) in [6.07, 6.45) is 5.55. The van der Waals surface area contributed by atoms with E-state index in [4.69, 9.17) is 0 Å². The zero-order valence-electron chi connectivity index (χ0n) is 9.84. The molecule has 0 bridgehead atoms. The third kappa shape index (κ3) is 2.42. The van der Waals surface area contributed by atoms with Crippen molar-refractivity contribution in [2.45, 2.75) is 26.0 Å². The number of aromatic nitrogens is 4. The Morgan fingerprint density at radius 1 is 1.41 bits per heavy atom. The van der Waals surface area contributed by atoms with Gasteiger partial charge in [0.15, 0.2) is 0 Å². The lowest BCUT2D eigenvalue weighted by atomic mass is 10.1. The molecule has 2 heterocycles. The van der Waals surface area contributed by atoms with Gasteiger partial charge in [-0.05, 0) is 22.4 Å². The molecule has 92 valence electrons. The first-order chi connectivity index (χ1) is 8.13. The molecular weight excluding hydrogens is 284 g/mol. The zero-order chi connectivity index (χ0) is 12.4. The van der Waals surface area contributed by atoms with Crippen molar-refractivity contribution in [3.05, 3.63) is 34.3 Å². The summed E-state index contributed by atoms with van der Waals surface area (Å²) in [6.45, 7) is 2.95. The van der Waals surface area contributed by atoms with Gasteiger partial charge in [-0.3, -0.25) is 9.36 Å². The molecule has 0 saturated heterocycles. The Kier molecular flexibility index (Phi) is 3.63. The maximum absolute atomic E-state index is 10.3. The van der Waals surface area contributed by atoms with E-state index in [-0.39, 0.29) is 0 Å². The van der Waals surface area contributed by atoms with Crippen LogP contribution in [0.25, 0.3) is 0 Å². The summed E-state index contributed by atoms with van der Waals surface area (Å²) in [7, 11) is 1.81. The molecule has 0 fully saturated rings. The monoisotopic (exact) mass is 298 g/mol. The van der Waals surface area contributed by atoms with E-state index >= 15 is 0 Å². The highest BCUT2D eigenvalue weighted by atomic mass is 79.9. The van der Waals surface area contributed by atoms with Crippen molar-refractivity contribution in [1.82, 2.24) is 19.6 Å². The standard InChI is InChI=1S/C11H15BrN4O/c1-3-4-16-7-8(5-14-16)11(17)10-9(12)6-13-15(10)2/h5-7,11,17H,3-4H2,1-2H3. The number of aryl methyl sites for hydroxylation is 2. The lowest BCUT2D eigenvalue weighted by Crippen LogP contribution is -2.06. The molecule has 2 aromatic heterocycles. The molecule has 0 aliphatic rings. The molecule has 0 radical (unpaired) electrons. The summed E-state index contributed by atoms with van der Waals surface area (Å²) < 4.78 is 4.30. The van der Waals surface area contributed by atoms with Gasteiger partial charge in [-0.15, -0.1) is 0 Å². The number of nitrogens with zero attached hydrogens (tertiary/aromatic N) is 4. The summed E-state index contributed by atoms with van der Waals surface area (Å²) in [5, 5.41) is 18.6. The van der Waals surface area contributed by atoms with E-state index in [9.17, 15) is 5.11 Å². The second kappa shape index (κ2) is 5.01. The van der Waals surface area contributed by atoms with E-state index in [1.165, 1.54) is 0 Å². The highest BCUT2D eigenvalue weighted by Gasteiger charge is 2.19. The van der Waals surface area contributed by atoms with Crippen LogP contribution in [0.5, 0.6) is 0 Å². The number of hydrogen-bond acceptors (Lipinski definition) is 3. The highest BCUT2D eigenvalue weighted by molar-refractivity contribution is 9.10. The van der Waals surface area contributed by atoms with Crippen molar-refractivity contribution < 1.29 is 5.11 Å². The molecule has 2 aromatic rings. The van der Waals surface area contributed by atoms with Gasteiger partial charge in [0, 0.05) is 25.4 Å². The predicted octanol–water partition coefficient (Wildman–Crippen LogP) is 1.87. The molecule has 17 heavy (non-hydrogen) atoms. The van der Waals surface area contributed by atoms with Crippen LogP contribution in [0.3, 0.4) is 0 Å². The largest absolute Gasteiger partial charge is 0.382 e. The molecule has 1 unspecified atom stereocenters. The Morgan fingerprint density at radius 2 is 2.18 bits per heavy atom. The van der Waals surface area contributed by atoms with E-state index in [2.05, 4.69) is 33.1 Å². The molecule has 0 amide bonds. The van der Waals surface area contributed by atoms with Crippen molar-refractivity contribution in [2.75, 3.05) is 0 Å². The average molecular weight is 299 g/mol. The quantitative estimate of drug-likeness (QED) is 0.937. The predicted molar refractivity (Wildman–Crippen MR) is 67.5 cm³/mol. The minimum atomic E-state index is -0.706. The normalized spacial score (nSPS) is 12.9. The summed E-state index contributed by atoms with van der Waals surface area (Å²) in [5.41, 5.74) is 1.52. The van der Waals surface area contributed by atoms with E-state index in [1.807, 2.05) is 10.9 Å². The van der Waals surface area contributed by atoms with Crippen LogP contribution in [0, 0.1) is 0 Å². The van der Waals surface area contributed by atoms with Crippen molar-refractivity contribution in [3.63, 3.8) is 0 Å². The Morgan fingerprint density at radius 3 is 2.76 bits per heavy atom. The van der Waals surface area contributed by atoms with Crippen LogP contribution in [0.2, 0.25) is 0 Å². The van der Waals surface area contributed by atoms with Gasteiger partial charge in [0.25, 0.3) is 0 Å². The van der Waals surface area contributed by atoms with Gasteiger partial charge in [-0.2, -0.15) is 10.2 Å². The maximum atomic E-state index is 10.3. The topological polar surface area (TPSA) is 55.9 Å². The van der Waals surface area contributed by atoms with Crippen LogP contribution < -0.4 is 0 Å². The molecule has 1 N–H and O–H groups in total. The zero-order valence-corrected chi connectivity index (χ0v) is 11.4. The molecule has 5 nitrogen and oxygen atoms in total. The van der Waals surface area contributed by atoms with Crippen LogP contribution in [-0.4, -0.2) is 24.7 Å².